The second-order valence-electron chi connectivity index (χ2n) is 5.80. The van der Waals surface area contributed by atoms with E-state index in [-0.39, 0.29) is 24.8 Å². The molecule has 0 unspecified atom stereocenters. The average molecular weight is 374 g/mol. The van der Waals surface area contributed by atoms with Gasteiger partial charge in [0.1, 0.15) is 18.1 Å². The third kappa shape index (κ3) is 4.26. The first-order chi connectivity index (χ1) is 12.6. The number of rotatable bonds is 7. The number of carbonyl (C=O) groups is 1. The summed E-state index contributed by atoms with van der Waals surface area (Å²) in [6, 6.07) is 11.3. The summed E-state index contributed by atoms with van der Waals surface area (Å²) in [4.78, 5) is 12.2. The molecular formula is C19H20ClN3O3. The minimum atomic E-state index is -0.319. The van der Waals surface area contributed by atoms with Gasteiger partial charge in [-0.1, -0.05) is 30.7 Å². The topological polar surface area (TPSA) is 69.3 Å². The van der Waals surface area contributed by atoms with Gasteiger partial charge in [0, 0.05) is 7.05 Å². The van der Waals surface area contributed by atoms with E-state index in [2.05, 4.69) is 17.3 Å². The minimum absolute atomic E-state index is 0.225. The van der Waals surface area contributed by atoms with E-state index in [0.717, 1.165) is 17.9 Å². The summed E-state index contributed by atoms with van der Waals surface area (Å²) < 4.78 is 12.8. The zero-order chi connectivity index (χ0) is 18.5. The third-order valence-electron chi connectivity index (χ3n) is 4.03. The van der Waals surface area contributed by atoms with Crippen molar-refractivity contribution in [1.82, 2.24) is 15.1 Å². The van der Waals surface area contributed by atoms with Crippen LogP contribution in [0.5, 0.6) is 5.75 Å². The van der Waals surface area contributed by atoms with Crippen LogP contribution in [0.25, 0.3) is 0 Å². The number of hydrogen-bond donors (Lipinski definition) is 1. The van der Waals surface area contributed by atoms with Gasteiger partial charge in [-0.25, -0.2) is 0 Å². The van der Waals surface area contributed by atoms with Crippen molar-refractivity contribution in [2.75, 3.05) is 0 Å². The Hall–Kier alpha value is -2.73. The van der Waals surface area contributed by atoms with Crippen LogP contribution in [-0.4, -0.2) is 15.7 Å². The Morgan fingerprint density at radius 2 is 2.04 bits per heavy atom. The molecule has 0 bridgehead atoms. The van der Waals surface area contributed by atoms with Crippen molar-refractivity contribution in [2.24, 2.45) is 7.05 Å². The second kappa shape index (κ2) is 8.10. The smallest absolute Gasteiger partial charge is 0.287 e. The molecule has 1 aromatic carbocycles. The standard InChI is InChI=1S/C19H20ClN3O3/c1-3-13-4-6-14(7-5-13)25-12-15-8-9-18(26-15)19(24)21-11-17-16(20)10-22-23(17)2/h4-10H,3,11-12H2,1-2H3,(H,21,24). The lowest BCUT2D eigenvalue weighted by molar-refractivity contribution is 0.0918. The number of ether oxygens (including phenoxy) is 1. The fourth-order valence-corrected chi connectivity index (χ4v) is 2.67. The molecule has 7 heteroatoms. The highest BCUT2D eigenvalue weighted by Crippen LogP contribution is 2.17. The molecule has 2 heterocycles. The molecule has 3 aromatic rings. The summed E-state index contributed by atoms with van der Waals surface area (Å²) in [7, 11) is 1.77. The van der Waals surface area contributed by atoms with Crippen LogP contribution >= 0.6 is 11.6 Å². The molecule has 0 radical (unpaired) electrons. The van der Waals surface area contributed by atoms with Gasteiger partial charge in [-0.05, 0) is 36.2 Å². The van der Waals surface area contributed by atoms with Gasteiger partial charge in [0.25, 0.3) is 5.91 Å². The van der Waals surface area contributed by atoms with Crippen molar-refractivity contribution in [1.29, 1.82) is 0 Å². The van der Waals surface area contributed by atoms with Crippen LogP contribution in [0.2, 0.25) is 5.02 Å². The molecule has 0 spiro atoms. The van der Waals surface area contributed by atoms with Crippen LogP contribution in [0, 0.1) is 0 Å². The molecule has 0 atom stereocenters. The number of carbonyl (C=O) groups excluding carboxylic acids is 1. The Morgan fingerprint density at radius 1 is 1.27 bits per heavy atom. The first kappa shape index (κ1) is 18.1. The predicted octanol–water partition coefficient (Wildman–Crippen LogP) is 3.74. The Bertz CT molecular complexity index is 864. The van der Waals surface area contributed by atoms with Gasteiger partial charge in [-0.2, -0.15) is 5.10 Å². The largest absolute Gasteiger partial charge is 0.486 e. The SMILES string of the molecule is CCc1ccc(OCc2ccc(C(=O)NCc3c(Cl)cnn3C)o2)cc1. The lowest BCUT2D eigenvalue weighted by Gasteiger charge is -2.06. The molecule has 26 heavy (non-hydrogen) atoms. The van der Waals surface area contributed by atoms with Gasteiger partial charge in [-0.15, -0.1) is 0 Å². The first-order valence-corrected chi connectivity index (χ1v) is 8.69. The van der Waals surface area contributed by atoms with Crippen molar-refractivity contribution in [3.63, 3.8) is 0 Å². The summed E-state index contributed by atoms with van der Waals surface area (Å²) in [5, 5.41) is 7.30. The summed E-state index contributed by atoms with van der Waals surface area (Å²) in [5.74, 6) is 1.24. The van der Waals surface area contributed by atoms with E-state index in [9.17, 15) is 4.79 Å². The summed E-state index contributed by atoms with van der Waals surface area (Å²) in [5.41, 5.74) is 1.98. The van der Waals surface area contributed by atoms with Crippen LogP contribution in [0.4, 0.5) is 0 Å². The number of halogens is 1. The molecule has 0 saturated heterocycles. The van der Waals surface area contributed by atoms with E-state index in [1.165, 1.54) is 5.56 Å². The van der Waals surface area contributed by atoms with Crippen LogP contribution in [0.3, 0.4) is 0 Å². The number of nitrogens with one attached hydrogen (secondary N) is 1. The lowest BCUT2D eigenvalue weighted by Crippen LogP contribution is -2.23. The third-order valence-corrected chi connectivity index (χ3v) is 4.34. The quantitative estimate of drug-likeness (QED) is 0.685. The lowest BCUT2D eigenvalue weighted by atomic mass is 10.2. The molecule has 0 aliphatic heterocycles. The van der Waals surface area contributed by atoms with E-state index in [0.29, 0.717) is 10.8 Å². The number of benzene rings is 1. The highest BCUT2D eigenvalue weighted by molar-refractivity contribution is 6.31. The molecule has 6 nitrogen and oxygen atoms in total. The summed E-state index contributed by atoms with van der Waals surface area (Å²) in [6.45, 7) is 2.63. The van der Waals surface area contributed by atoms with Crippen LogP contribution < -0.4 is 10.1 Å². The predicted molar refractivity (Wildman–Crippen MR) is 98.2 cm³/mol. The number of nitrogens with zero attached hydrogens (tertiary/aromatic N) is 2. The molecule has 1 amide bonds. The molecule has 136 valence electrons. The van der Waals surface area contributed by atoms with E-state index < -0.39 is 0 Å². The fraction of sp³-hybridized carbons (Fsp3) is 0.263. The highest BCUT2D eigenvalue weighted by Gasteiger charge is 2.13. The van der Waals surface area contributed by atoms with Gasteiger partial charge >= 0.3 is 0 Å². The molecule has 0 aliphatic carbocycles. The molecule has 2 aromatic heterocycles. The number of aryl methyl sites for hydroxylation is 2. The van der Waals surface area contributed by atoms with Gasteiger partial charge < -0.3 is 14.5 Å². The van der Waals surface area contributed by atoms with Gasteiger partial charge in [0.15, 0.2) is 5.76 Å². The Labute approximate surface area is 156 Å². The van der Waals surface area contributed by atoms with Gasteiger partial charge in [0.05, 0.1) is 23.5 Å². The molecule has 0 aliphatic rings. The van der Waals surface area contributed by atoms with E-state index in [4.69, 9.17) is 20.8 Å². The average Bonchev–Trinajstić information content (AvgIpc) is 3.26. The Kier molecular flexibility index (Phi) is 5.63. The van der Waals surface area contributed by atoms with Crippen molar-refractivity contribution < 1.29 is 13.9 Å². The Balaban J connectivity index is 1.54. The van der Waals surface area contributed by atoms with Crippen LogP contribution in [0.1, 0.15) is 34.5 Å². The number of hydrogen-bond acceptors (Lipinski definition) is 4. The zero-order valence-corrected chi connectivity index (χ0v) is 15.4. The zero-order valence-electron chi connectivity index (χ0n) is 14.7. The van der Waals surface area contributed by atoms with Crippen molar-refractivity contribution in [3.05, 3.63) is 70.4 Å². The van der Waals surface area contributed by atoms with Crippen LogP contribution in [-0.2, 0) is 26.6 Å². The van der Waals surface area contributed by atoms with Gasteiger partial charge in [0.2, 0.25) is 0 Å². The van der Waals surface area contributed by atoms with E-state index in [1.807, 2.05) is 24.3 Å². The minimum Gasteiger partial charge on any atom is -0.486 e. The maximum atomic E-state index is 12.2. The molecule has 3 rings (SSSR count). The maximum absolute atomic E-state index is 12.2. The van der Waals surface area contributed by atoms with E-state index >= 15 is 0 Å². The number of amides is 1. The molecule has 0 saturated carbocycles. The summed E-state index contributed by atoms with van der Waals surface area (Å²) >= 11 is 6.02. The number of furan rings is 1. The second-order valence-corrected chi connectivity index (χ2v) is 6.20. The Morgan fingerprint density at radius 3 is 2.69 bits per heavy atom. The van der Waals surface area contributed by atoms with Crippen molar-refractivity contribution in [2.45, 2.75) is 26.5 Å². The molecular weight excluding hydrogens is 354 g/mol. The van der Waals surface area contributed by atoms with Crippen molar-refractivity contribution in [3.8, 4) is 5.75 Å². The maximum Gasteiger partial charge on any atom is 0.287 e. The highest BCUT2D eigenvalue weighted by atomic mass is 35.5. The first-order valence-electron chi connectivity index (χ1n) is 8.32. The normalized spacial score (nSPS) is 10.7. The summed E-state index contributed by atoms with van der Waals surface area (Å²) in [6.07, 6.45) is 2.53. The van der Waals surface area contributed by atoms with Crippen molar-refractivity contribution >= 4 is 17.5 Å². The number of aromatic nitrogens is 2. The monoisotopic (exact) mass is 373 g/mol. The van der Waals surface area contributed by atoms with Crippen LogP contribution in [0.15, 0.2) is 47.0 Å². The van der Waals surface area contributed by atoms with Gasteiger partial charge in [-0.3, -0.25) is 9.48 Å². The fourth-order valence-electron chi connectivity index (χ4n) is 2.44. The van der Waals surface area contributed by atoms with E-state index in [1.54, 1.807) is 30.1 Å². The molecule has 1 N–H and O–H groups in total. The molecule has 0 fully saturated rings.